The molecule has 3 aliphatic rings. The number of nitrogens with one attached hydrogen (secondary N) is 1. The summed E-state index contributed by atoms with van der Waals surface area (Å²) < 4.78 is 36.7. The molecule has 1 N–H and O–H groups in total. The Morgan fingerprint density at radius 2 is 1.78 bits per heavy atom. The number of rotatable bonds is 5. The van der Waals surface area contributed by atoms with Crippen LogP contribution in [0.1, 0.15) is 19.3 Å². The Bertz CT molecular complexity index is 787. The van der Waals surface area contributed by atoms with Crippen LogP contribution in [-0.4, -0.2) is 75.5 Å². The van der Waals surface area contributed by atoms with Gasteiger partial charge in [-0.2, -0.15) is 0 Å². The number of hydrogen-bond acceptors (Lipinski definition) is 4. The number of hydrogen-bond donors (Lipinski definition) is 1. The van der Waals surface area contributed by atoms with E-state index in [2.05, 4.69) is 4.90 Å². The average molecular weight is 397 g/mol. The molecule has 2 heterocycles. The van der Waals surface area contributed by atoms with Crippen LogP contribution in [0.3, 0.4) is 0 Å². The second kappa shape index (κ2) is 7.39. The van der Waals surface area contributed by atoms with Crippen molar-refractivity contribution in [1.82, 2.24) is 4.90 Å². The van der Waals surface area contributed by atoms with Gasteiger partial charge in [0.2, 0.25) is 0 Å². The summed E-state index contributed by atoms with van der Waals surface area (Å²) in [5.74, 6) is 0.202. The number of carbonyl (C=O) groups is 1. The lowest BCUT2D eigenvalue weighted by molar-refractivity contribution is -0.892. The lowest BCUT2D eigenvalue weighted by Gasteiger charge is -2.35. The number of sulfone groups is 1. The van der Waals surface area contributed by atoms with Crippen molar-refractivity contribution in [1.29, 1.82) is 0 Å². The first kappa shape index (κ1) is 18.7. The molecule has 0 aromatic heterocycles. The van der Waals surface area contributed by atoms with Crippen LogP contribution >= 0.6 is 0 Å². The average Bonchev–Trinajstić information content (AvgIpc) is 3.39. The van der Waals surface area contributed by atoms with E-state index in [9.17, 15) is 17.6 Å². The predicted molar refractivity (Wildman–Crippen MR) is 101 cm³/mol. The molecule has 4 rings (SSSR count). The molecule has 1 aliphatic carbocycles. The van der Waals surface area contributed by atoms with Gasteiger partial charge in [0.25, 0.3) is 5.91 Å². The van der Waals surface area contributed by atoms with Gasteiger partial charge in [-0.3, -0.25) is 4.79 Å². The van der Waals surface area contributed by atoms with Gasteiger partial charge < -0.3 is 14.7 Å². The molecule has 0 bridgehead atoms. The highest BCUT2D eigenvalue weighted by Gasteiger charge is 2.43. The molecule has 27 heavy (non-hydrogen) atoms. The summed E-state index contributed by atoms with van der Waals surface area (Å²) in [6.07, 6.45) is 2.57. The molecule has 1 aromatic rings. The minimum Gasteiger partial charge on any atom is -0.360 e. The number of benzene rings is 1. The van der Waals surface area contributed by atoms with E-state index in [1.54, 1.807) is 12.1 Å². The quantitative estimate of drug-likeness (QED) is 0.743. The predicted octanol–water partition coefficient (Wildman–Crippen LogP) is -0.291. The fraction of sp³-hybridized carbons (Fsp3) is 0.632. The second-order valence-electron chi connectivity index (χ2n) is 7.98. The topological polar surface area (TPSA) is 62.1 Å². The van der Waals surface area contributed by atoms with Gasteiger partial charge in [0.1, 0.15) is 5.82 Å². The van der Waals surface area contributed by atoms with Gasteiger partial charge in [0.15, 0.2) is 16.4 Å². The minimum absolute atomic E-state index is 0.102. The van der Waals surface area contributed by atoms with Crippen molar-refractivity contribution in [3.63, 3.8) is 0 Å². The van der Waals surface area contributed by atoms with Crippen LogP contribution in [0.5, 0.6) is 0 Å². The van der Waals surface area contributed by atoms with Gasteiger partial charge in [0, 0.05) is 17.8 Å². The molecule has 148 valence electrons. The highest BCUT2D eigenvalue weighted by atomic mass is 32.2. The molecular weight excluding hydrogens is 369 g/mol. The van der Waals surface area contributed by atoms with Crippen LogP contribution in [0, 0.1) is 5.82 Å². The van der Waals surface area contributed by atoms with Crippen LogP contribution in [0.15, 0.2) is 24.3 Å². The molecule has 0 unspecified atom stereocenters. The lowest BCUT2D eigenvalue weighted by atomic mass is 10.2. The van der Waals surface area contributed by atoms with Crippen LogP contribution in [0.25, 0.3) is 0 Å². The molecule has 2 aliphatic heterocycles. The summed E-state index contributed by atoms with van der Waals surface area (Å²) in [7, 11) is -2.99. The van der Waals surface area contributed by atoms with Crippen molar-refractivity contribution >= 4 is 21.4 Å². The van der Waals surface area contributed by atoms with Crippen molar-refractivity contribution in [2.75, 3.05) is 49.1 Å². The van der Waals surface area contributed by atoms with Crippen molar-refractivity contribution in [2.45, 2.75) is 31.3 Å². The fourth-order valence-corrected chi connectivity index (χ4v) is 5.98. The first-order valence-corrected chi connectivity index (χ1v) is 11.6. The van der Waals surface area contributed by atoms with E-state index in [0.717, 1.165) is 44.7 Å². The van der Waals surface area contributed by atoms with Gasteiger partial charge in [-0.25, -0.2) is 12.8 Å². The SMILES string of the molecule is O=C(C[NH+]1CCN(c2ccc(F)cc2)CC1)N(C1CC1)[C@H]1CCS(=O)(=O)C1. The standard InChI is InChI=1S/C19H26FN3O3S/c20-15-1-3-16(4-2-15)22-10-8-21(9-11-22)13-19(24)23(17-5-6-17)18-7-12-27(25,26)14-18/h1-4,17-18H,5-14H2/p+1/t18-/m0/s1. The van der Waals surface area contributed by atoms with Crippen LogP contribution in [-0.2, 0) is 14.6 Å². The summed E-state index contributed by atoms with van der Waals surface area (Å²) in [4.78, 5) is 18.3. The maximum atomic E-state index is 13.1. The monoisotopic (exact) mass is 396 g/mol. The Morgan fingerprint density at radius 3 is 2.33 bits per heavy atom. The molecule has 1 saturated carbocycles. The molecule has 1 amide bonds. The van der Waals surface area contributed by atoms with Crippen molar-refractivity contribution in [2.24, 2.45) is 0 Å². The summed E-state index contributed by atoms with van der Waals surface area (Å²) >= 11 is 0. The summed E-state index contributed by atoms with van der Waals surface area (Å²) in [6, 6.07) is 6.65. The van der Waals surface area contributed by atoms with Crippen molar-refractivity contribution < 1.29 is 22.5 Å². The minimum atomic E-state index is -2.99. The summed E-state index contributed by atoms with van der Waals surface area (Å²) in [5.41, 5.74) is 1.01. The fourth-order valence-electron chi connectivity index (χ4n) is 4.27. The third-order valence-electron chi connectivity index (χ3n) is 5.89. The zero-order valence-electron chi connectivity index (χ0n) is 15.4. The smallest absolute Gasteiger partial charge is 0.278 e. The summed E-state index contributed by atoms with van der Waals surface area (Å²) in [6.45, 7) is 3.80. The molecule has 3 fully saturated rings. The van der Waals surface area contributed by atoms with E-state index in [1.807, 2.05) is 4.90 Å². The van der Waals surface area contributed by atoms with Gasteiger partial charge in [-0.1, -0.05) is 0 Å². The Balaban J connectivity index is 1.32. The Kier molecular flexibility index (Phi) is 5.11. The normalized spacial score (nSPS) is 25.5. The Hall–Kier alpha value is -1.67. The van der Waals surface area contributed by atoms with Gasteiger partial charge >= 0.3 is 0 Å². The van der Waals surface area contributed by atoms with Crippen LogP contribution in [0.2, 0.25) is 0 Å². The van der Waals surface area contributed by atoms with Crippen molar-refractivity contribution in [3.05, 3.63) is 30.1 Å². The number of halogens is 1. The third kappa shape index (κ3) is 4.43. The molecular formula is C19H27FN3O3S+. The van der Waals surface area contributed by atoms with E-state index < -0.39 is 9.84 Å². The maximum Gasteiger partial charge on any atom is 0.278 e. The number of anilines is 1. The van der Waals surface area contributed by atoms with Gasteiger partial charge in [-0.15, -0.1) is 0 Å². The van der Waals surface area contributed by atoms with E-state index in [4.69, 9.17) is 0 Å². The number of amides is 1. The summed E-state index contributed by atoms with van der Waals surface area (Å²) in [5, 5.41) is 0. The molecule has 1 aromatic carbocycles. The largest absolute Gasteiger partial charge is 0.360 e. The zero-order chi connectivity index (χ0) is 19.0. The van der Waals surface area contributed by atoms with Gasteiger partial charge in [-0.05, 0) is 43.5 Å². The Labute approximate surface area is 159 Å². The Morgan fingerprint density at radius 1 is 1.11 bits per heavy atom. The number of nitrogens with zero attached hydrogens (tertiary/aromatic N) is 2. The lowest BCUT2D eigenvalue weighted by Crippen LogP contribution is -3.16. The number of piperazine rings is 1. The van der Waals surface area contributed by atoms with Crippen LogP contribution < -0.4 is 9.80 Å². The second-order valence-corrected chi connectivity index (χ2v) is 10.2. The number of carbonyl (C=O) groups excluding carboxylic acids is 1. The third-order valence-corrected chi connectivity index (χ3v) is 7.64. The number of quaternary nitrogens is 1. The zero-order valence-corrected chi connectivity index (χ0v) is 16.3. The van der Waals surface area contributed by atoms with E-state index in [0.29, 0.717) is 13.0 Å². The first-order valence-electron chi connectivity index (χ1n) is 9.77. The molecule has 1 atom stereocenters. The van der Waals surface area contributed by atoms with Gasteiger partial charge in [0.05, 0.1) is 37.7 Å². The molecule has 0 spiro atoms. The first-order chi connectivity index (χ1) is 12.9. The molecule has 2 saturated heterocycles. The van der Waals surface area contributed by atoms with Crippen LogP contribution in [0.4, 0.5) is 10.1 Å². The molecule has 8 heteroatoms. The van der Waals surface area contributed by atoms with E-state index >= 15 is 0 Å². The highest BCUT2D eigenvalue weighted by molar-refractivity contribution is 7.91. The highest BCUT2D eigenvalue weighted by Crippen LogP contribution is 2.32. The molecule has 0 radical (unpaired) electrons. The maximum absolute atomic E-state index is 13.1. The molecule has 6 nitrogen and oxygen atoms in total. The van der Waals surface area contributed by atoms with Crippen molar-refractivity contribution in [3.8, 4) is 0 Å². The van der Waals surface area contributed by atoms with E-state index in [1.165, 1.54) is 17.0 Å². The van der Waals surface area contributed by atoms with E-state index in [-0.39, 0.29) is 35.3 Å².